The normalized spacial score (nSPS) is 12.4. The zero-order valence-electron chi connectivity index (χ0n) is 41.1. The number of esters is 3. The molecule has 0 saturated carbocycles. The van der Waals surface area contributed by atoms with E-state index >= 15 is 0 Å². The van der Waals surface area contributed by atoms with Crippen molar-refractivity contribution in [3.05, 3.63) is 48.6 Å². The maximum Gasteiger partial charge on any atom is 0.306 e. The van der Waals surface area contributed by atoms with Crippen molar-refractivity contribution in [1.82, 2.24) is 0 Å². The topological polar surface area (TPSA) is 78.9 Å². The number of carbonyl (C=O) groups is 3. The summed E-state index contributed by atoms with van der Waals surface area (Å²) in [4.78, 5) is 38.0. The molecular weight excluding hydrogens is 769 g/mol. The first-order chi connectivity index (χ1) is 30.5. The molecule has 62 heavy (non-hydrogen) atoms. The van der Waals surface area contributed by atoms with Crippen LogP contribution in [0.4, 0.5) is 0 Å². The van der Waals surface area contributed by atoms with E-state index in [1.165, 1.54) is 148 Å². The van der Waals surface area contributed by atoms with Gasteiger partial charge in [0.2, 0.25) is 0 Å². The molecule has 0 bridgehead atoms. The van der Waals surface area contributed by atoms with E-state index in [9.17, 15) is 14.4 Å². The van der Waals surface area contributed by atoms with Gasteiger partial charge in [-0.2, -0.15) is 0 Å². The van der Waals surface area contributed by atoms with E-state index in [1.807, 2.05) is 0 Å². The third kappa shape index (κ3) is 48.4. The fourth-order valence-corrected chi connectivity index (χ4v) is 7.50. The van der Waals surface area contributed by atoms with E-state index in [2.05, 4.69) is 69.4 Å². The average molecular weight is 869 g/mol. The van der Waals surface area contributed by atoms with Crippen LogP contribution in [-0.2, 0) is 28.6 Å². The second-order valence-corrected chi connectivity index (χ2v) is 17.8. The lowest BCUT2D eigenvalue weighted by molar-refractivity contribution is -0.167. The molecule has 0 unspecified atom stereocenters. The van der Waals surface area contributed by atoms with Gasteiger partial charge >= 0.3 is 17.9 Å². The summed E-state index contributed by atoms with van der Waals surface area (Å²) in [7, 11) is 0. The summed E-state index contributed by atoms with van der Waals surface area (Å²) in [5.74, 6) is -0.900. The molecule has 360 valence electrons. The first kappa shape index (κ1) is 59.4. The maximum absolute atomic E-state index is 12.8. The van der Waals surface area contributed by atoms with Crippen molar-refractivity contribution < 1.29 is 28.6 Å². The van der Waals surface area contributed by atoms with Crippen LogP contribution in [0.2, 0.25) is 0 Å². The molecule has 0 aromatic rings. The second kappa shape index (κ2) is 51.0. The molecule has 0 saturated heterocycles. The lowest BCUT2D eigenvalue weighted by Crippen LogP contribution is -2.30. The smallest absolute Gasteiger partial charge is 0.306 e. The zero-order valence-corrected chi connectivity index (χ0v) is 41.1. The molecule has 0 N–H and O–H groups in total. The summed E-state index contributed by atoms with van der Waals surface area (Å²) >= 11 is 0. The molecule has 0 fully saturated rings. The first-order valence-corrected chi connectivity index (χ1v) is 26.6. The zero-order chi connectivity index (χ0) is 45.1. The minimum atomic E-state index is -0.781. The number of carbonyl (C=O) groups excluding carboxylic acids is 3. The van der Waals surface area contributed by atoms with E-state index in [0.29, 0.717) is 19.3 Å². The molecular formula is C56H100O6. The lowest BCUT2D eigenvalue weighted by atomic mass is 10.1. The van der Waals surface area contributed by atoms with Crippen LogP contribution in [0.1, 0.15) is 271 Å². The highest BCUT2D eigenvalue weighted by atomic mass is 16.6. The molecule has 1 atom stereocenters. The summed E-state index contributed by atoms with van der Waals surface area (Å²) in [6.07, 6.45) is 60.9. The molecule has 0 radical (unpaired) electrons. The maximum atomic E-state index is 12.8. The van der Waals surface area contributed by atoms with E-state index < -0.39 is 6.10 Å². The standard InChI is InChI=1S/C56H100O6/c1-4-7-10-13-16-19-22-24-26-28-30-32-34-37-40-43-46-49-55(58)61-52-53(51-60-54(57)48-45-42-39-36-21-18-15-12-9-6-3)62-56(59)50-47-44-41-38-35-33-31-29-27-25-23-20-17-14-11-8-5-2/h16,19,24-27,30,32,53H,4-15,17-18,20-23,28-29,31,33-52H2,1-3H3/b19-16-,26-24-,27-25-,32-30-/t53-/m0/s1. The number of hydrogen-bond acceptors (Lipinski definition) is 6. The van der Waals surface area contributed by atoms with E-state index in [4.69, 9.17) is 14.2 Å². The fraction of sp³-hybridized carbons (Fsp3) is 0.804. The average Bonchev–Trinajstić information content (AvgIpc) is 3.27. The molecule has 0 aliphatic rings. The highest BCUT2D eigenvalue weighted by Crippen LogP contribution is 2.15. The van der Waals surface area contributed by atoms with Crippen molar-refractivity contribution in [2.45, 2.75) is 277 Å². The van der Waals surface area contributed by atoms with Crippen LogP contribution < -0.4 is 0 Å². The molecule has 0 aromatic heterocycles. The minimum Gasteiger partial charge on any atom is -0.462 e. The molecule has 0 rings (SSSR count). The second-order valence-electron chi connectivity index (χ2n) is 17.8. The van der Waals surface area contributed by atoms with Gasteiger partial charge < -0.3 is 14.2 Å². The van der Waals surface area contributed by atoms with E-state index in [-0.39, 0.29) is 31.1 Å². The monoisotopic (exact) mass is 869 g/mol. The number of rotatable bonds is 48. The third-order valence-corrected chi connectivity index (χ3v) is 11.6. The summed E-state index contributed by atoms with van der Waals surface area (Å²) in [5, 5.41) is 0. The summed E-state index contributed by atoms with van der Waals surface area (Å²) in [6.45, 7) is 6.59. The van der Waals surface area contributed by atoms with Crippen LogP contribution in [0.3, 0.4) is 0 Å². The highest BCUT2D eigenvalue weighted by Gasteiger charge is 2.19. The van der Waals surface area contributed by atoms with Crippen molar-refractivity contribution in [3.63, 3.8) is 0 Å². The lowest BCUT2D eigenvalue weighted by Gasteiger charge is -2.18. The van der Waals surface area contributed by atoms with Crippen LogP contribution >= 0.6 is 0 Å². The molecule has 0 spiro atoms. The van der Waals surface area contributed by atoms with Gasteiger partial charge in [0.15, 0.2) is 6.10 Å². The van der Waals surface area contributed by atoms with Gasteiger partial charge in [-0.3, -0.25) is 14.4 Å². The Kier molecular flexibility index (Phi) is 48.8. The number of unbranched alkanes of at least 4 members (excludes halogenated alkanes) is 29. The predicted molar refractivity (Wildman–Crippen MR) is 265 cm³/mol. The predicted octanol–water partition coefficient (Wildman–Crippen LogP) is 17.5. The van der Waals surface area contributed by atoms with Gasteiger partial charge in [0, 0.05) is 19.3 Å². The van der Waals surface area contributed by atoms with E-state index in [1.54, 1.807) is 0 Å². The highest BCUT2D eigenvalue weighted by molar-refractivity contribution is 5.71. The van der Waals surface area contributed by atoms with Crippen molar-refractivity contribution in [2.24, 2.45) is 0 Å². The molecule has 0 amide bonds. The summed E-state index contributed by atoms with van der Waals surface area (Å²) in [5.41, 5.74) is 0. The Hall–Kier alpha value is -2.63. The Labute approximate surface area is 384 Å². The van der Waals surface area contributed by atoms with Gasteiger partial charge in [0.05, 0.1) is 0 Å². The minimum absolute atomic E-state index is 0.0800. The Morgan fingerprint density at radius 3 is 0.952 bits per heavy atom. The Morgan fingerprint density at radius 2 is 0.581 bits per heavy atom. The Balaban J connectivity index is 4.37. The van der Waals surface area contributed by atoms with Gasteiger partial charge in [-0.05, 0) is 83.5 Å². The molecule has 0 heterocycles. The quantitative estimate of drug-likeness (QED) is 0.0262. The SMILES string of the molecule is CCCCC/C=C\C/C=C\C/C=C\CCCCCCC(=O)OC[C@H](COC(=O)CCCCCCCCCCCC)OC(=O)CCCCCCCCC/C=C\CCCCCCCC. The number of ether oxygens (including phenoxy) is 3. The van der Waals surface area contributed by atoms with Gasteiger partial charge in [0.1, 0.15) is 13.2 Å². The van der Waals surface area contributed by atoms with Gasteiger partial charge in [0.25, 0.3) is 0 Å². The Bertz CT molecular complexity index is 1090. The largest absolute Gasteiger partial charge is 0.462 e. The molecule has 0 aromatic carbocycles. The molecule has 6 nitrogen and oxygen atoms in total. The van der Waals surface area contributed by atoms with Gasteiger partial charge in [-0.25, -0.2) is 0 Å². The molecule has 0 aliphatic carbocycles. The number of allylic oxidation sites excluding steroid dienone is 8. The van der Waals surface area contributed by atoms with Gasteiger partial charge in [-0.15, -0.1) is 0 Å². The summed E-state index contributed by atoms with van der Waals surface area (Å²) < 4.78 is 16.8. The van der Waals surface area contributed by atoms with Gasteiger partial charge in [-0.1, -0.05) is 217 Å². The van der Waals surface area contributed by atoms with Crippen molar-refractivity contribution in [1.29, 1.82) is 0 Å². The summed E-state index contributed by atoms with van der Waals surface area (Å²) in [6, 6.07) is 0. The Morgan fingerprint density at radius 1 is 0.323 bits per heavy atom. The van der Waals surface area contributed by atoms with Crippen LogP contribution in [0, 0.1) is 0 Å². The van der Waals surface area contributed by atoms with Crippen molar-refractivity contribution in [2.75, 3.05) is 13.2 Å². The fourth-order valence-electron chi connectivity index (χ4n) is 7.50. The number of hydrogen-bond donors (Lipinski definition) is 0. The van der Waals surface area contributed by atoms with Crippen molar-refractivity contribution >= 4 is 17.9 Å². The van der Waals surface area contributed by atoms with Crippen LogP contribution in [0.25, 0.3) is 0 Å². The third-order valence-electron chi connectivity index (χ3n) is 11.6. The molecule has 6 heteroatoms. The van der Waals surface area contributed by atoms with Crippen LogP contribution in [0.15, 0.2) is 48.6 Å². The first-order valence-electron chi connectivity index (χ1n) is 26.6. The van der Waals surface area contributed by atoms with Crippen LogP contribution in [-0.4, -0.2) is 37.2 Å². The van der Waals surface area contributed by atoms with Crippen molar-refractivity contribution in [3.8, 4) is 0 Å². The van der Waals surface area contributed by atoms with E-state index in [0.717, 1.165) is 83.5 Å². The van der Waals surface area contributed by atoms with Crippen LogP contribution in [0.5, 0.6) is 0 Å². The molecule has 0 aliphatic heterocycles.